The highest BCUT2D eigenvalue weighted by Gasteiger charge is 2.08. The number of Topliss-reactive ketones (excluding diaryl/α,β-unsaturated/α-hetero) is 1. The van der Waals surface area contributed by atoms with Crippen molar-refractivity contribution in [2.45, 2.75) is 19.3 Å². The first kappa shape index (κ1) is 12.1. The standard InChI is InChI=1S/C11H13ClFNO/c12-9-4-3-8(11(13)7-9)6-10(15)2-1-5-14/h3-4,7H,1-2,5-6,14H2. The molecule has 0 aliphatic rings. The molecule has 2 nitrogen and oxygen atoms in total. The second-order valence-electron chi connectivity index (χ2n) is 3.34. The molecule has 0 fully saturated rings. The molecule has 0 saturated carbocycles. The molecule has 0 spiro atoms. The Morgan fingerprint density at radius 2 is 2.20 bits per heavy atom. The van der Waals surface area contributed by atoms with Crippen LogP contribution in [0.15, 0.2) is 18.2 Å². The Kier molecular flexibility index (Phi) is 4.72. The first-order valence-electron chi connectivity index (χ1n) is 4.79. The second kappa shape index (κ2) is 5.83. The quantitative estimate of drug-likeness (QED) is 0.842. The van der Waals surface area contributed by atoms with Crippen LogP contribution in [0.2, 0.25) is 5.02 Å². The predicted molar refractivity (Wildman–Crippen MR) is 58.4 cm³/mol. The average molecular weight is 230 g/mol. The van der Waals surface area contributed by atoms with Crippen molar-refractivity contribution in [3.63, 3.8) is 0 Å². The van der Waals surface area contributed by atoms with Crippen molar-refractivity contribution in [3.05, 3.63) is 34.6 Å². The summed E-state index contributed by atoms with van der Waals surface area (Å²) in [5, 5.41) is 0.339. The van der Waals surface area contributed by atoms with Gasteiger partial charge in [-0.05, 0) is 30.7 Å². The molecule has 2 N–H and O–H groups in total. The molecule has 0 heterocycles. The van der Waals surface area contributed by atoms with E-state index in [4.69, 9.17) is 17.3 Å². The lowest BCUT2D eigenvalue weighted by atomic mass is 10.1. The Hall–Kier alpha value is -0.930. The van der Waals surface area contributed by atoms with Gasteiger partial charge in [-0.3, -0.25) is 4.79 Å². The van der Waals surface area contributed by atoms with Crippen molar-refractivity contribution < 1.29 is 9.18 Å². The number of rotatable bonds is 5. The van der Waals surface area contributed by atoms with E-state index in [1.54, 1.807) is 6.07 Å². The molecule has 0 aromatic heterocycles. The highest BCUT2D eigenvalue weighted by atomic mass is 35.5. The molecule has 0 saturated heterocycles. The molecule has 0 amide bonds. The number of carbonyl (C=O) groups is 1. The van der Waals surface area contributed by atoms with Gasteiger partial charge < -0.3 is 5.73 Å². The van der Waals surface area contributed by atoms with Gasteiger partial charge in [-0.15, -0.1) is 0 Å². The number of halogens is 2. The smallest absolute Gasteiger partial charge is 0.137 e. The van der Waals surface area contributed by atoms with Gasteiger partial charge in [0, 0.05) is 17.9 Å². The Bertz CT molecular complexity index is 354. The van der Waals surface area contributed by atoms with Gasteiger partial charge in [-0.25, -0.2) is 4.39 Å². The van der Waals surface area contributed by atoms with Crippen LogP contribution in [-0.4, -0.2) is 12.3 Å². The molecule has 82 valence electrons. The van der Waals surface area contributed by atoms with Crippen LogP contribution >= 0.6 is 11.6 Å². The van der Waals surface area contributed by atoms with Crippen molar-refractivity contribution in [2.24, 2.45) is 5.73 Å². The number of hydrogen-bond acceptors (Lipinski definition) is 2. The summed E-state index contributed by atoms with van der Waals surface area (Å²) in [6.07, 6.45) is 1.16. The van der Waals surface area contributed by atoms with Crippen LogP contribution in [0.25, 0.3) is 0 Å². The van der Waals surface area contributed by atoms with Crippen molar-refractivity contribution >= 4 is 17.4 Å². The molecule has 0 radical (unpaired) electrons. The van der Waals surface area contributed by atoms with Crippen LogP contribution in [0.5, 0.6) is 0 Å². The first-order valence-corrected chi connectivity index (χ1v) is 5.17. The average Bonchev–Trinajstić information content (AvgIpc) is 2.19. The third-order valence-corrected chi connectivity index (χ3v) is 2.30. The Balaban J connectivity index is 2.60. The van der Waals surface area contributed by atoms with E-state index in [-0.39, 0.29) is 12.2 Å². The number of ketones is 1. The fourth-order valence-electron chi connectivity index (χ4n) is 1.27. The lowest BCUT2D eigenvalue weighted by molar-refractivity contribution is -0.118. The lowest BCUT2D eigenvalue weighted by Gasteiger charge is -2.02. The Morgan fingerprint density at radius 3 is 2.80 bits per heavy atom. The van der Waals surface area contributed by atoms with Gasteiger partial charge in [-0.1, -0.05) is 17.7 Å². The van der Waals surface area contributed by atoms with Crippen molar-refractivity contribution in [1.82, 2.24) is 0 Å². The zero-order chi connectivity index (χ0) is 11.3. The fourth-order valence-corrected chi connectivity index (χ4v) is 1.42. The van der Waals surface area contributed by atoms with E-state index >= 15 is 0 Å². The minimum absolute atomic E-state index is 0.00155. The van der Waals surface area contributed by atoms with Gasteiger partial charge >= 0.3 is 0 Å². The van der Waals surface area contributed by atoms with E-state index in [0.29, 0.717) is 30.0 Å². The maximum Gasteiger partial charge on any atom is 0.137 e. The predicted octanol–water partition coefficient (Wildman–Crippen LogP) is 2.33. The molecule has 1 rings (SSSR count). The largest absolute Gasteiger partial charge is 0.330 e. The minimum Gasteiger partial charge on any atom is -0.330 e. The Morgan fingerprint density at radius 1 is 1.47 bits per heavy atom. The van der Waals surface area contributed by atoms with Gasteiger partial charge in [0.2, 0.25) is 0 Å². The first-order chi connectivity index (χ1) is 7.13. The number of hydrogen-bond donors (Lipinski definition) is 1. The van der Waals surface area contributed by atoms with Crippen molar-refractivity contribution in [2.75, 3.05) is 6.54 Å². The van der Waals surface area contributed by atoms with Gasteiger partial charge in [0.25, 0.3) is 0 Å². The second-order valence-corrected chi connectivity index (χ2v) is 3.78. The van der Waals surface area contributed by atoms with Crippen LogP contribution < -0.4 is 5.73 Å². The van der Waals surface area contributed by atoms with Crippen LogP contribution in [-0.2, 0) is 11.2 Å². The Labute approximate surface area is 93.2 Å². The van der Waals surface area contributed by atoms with Crippen molar-refractivity contribution in [3.8, 4) is 0 Å². The molecule has 0 aliphatic heterocycles. The van der Waals surface area contributed by atoms with Crippen LogP contribution in [0, 0.1) is 5.82 Å². The molecule has 1 aromatic rings. The molecule has 15 heavy (non-hydrogen) atoms. The summed E-state index contributed by atoms with van der Waals surface area (Å²) in [6, 6.07) is 4.33. The molecule has 4 heteroatoms. The van der Waals surface area contributed by atoms with Crippen molar-refractivity contribution in [1.29, 1.82) is 0 Å². The zero-order valence-electron chi connectivity index (χ0n) is 8.30. The van der Waals surface area contributed by atoms with E-state index < -0.39 is 5.82 Å². The molecule has 1 aromatic carbocycles. The van der Waals surface area contributed by atoms with Crippen LogP contribution in [0.1, 0.15) is 18.4 Å². The molecular weight excluding hydrogens is 217 g/mol. The summed E-state index contributed by atoms with van der Waals surface area (Å²) in [7, 11) is 0. The minimum atomic E-state index is -0.427. The highest BCUT2D eigenvalue weighted by Crippen LogP contribution is 2.15. The maximum atomic E-state index is 13.3. The summed E-state index contributed by atoms with van der Waals surface area (Å²) >= 11 is 5.60. The number of benzene rings is 1. The fraction of sp³-hybridized carbons (Fsp3) is 0.364. The SMILES string of the molecule is NCCCC(=O)Cc1ccc(Cl)cc1F. The van der Waals surface area contributed by atoms with Gasteiger partial charge in [0.15, 0.2) is 0 Å². The molecule has 0 bridgehead atoms. The topological polar surface area (TPSA) is 43.1 Å². The maximum absolute atomic E-state index is 13.3. The van der Waals surface area contributed by atoms with Gasteiger partial charge in [0.05, 0.1) is 0 Å². The van der Waals surface area contributed by atoms with E-state index in [9.17, 15) is 9.18 Å². The molecule has 0 atom stereocenters. The monoisotopic (exact) mass is 229 g/mol. The number of carbonyl (C=O) groups excluding carboxylic acids is 1. The van der Waals surface area contributed by atoms with Crippen LogP contribution in [0.3, 0.4) is 0 Å². The summed E-state index contributed by atoms with van der Waals surface area (Å²) in [5.74, 6) is -0.426. The van der Waals surface area contributed by atoms with E-state index in [2.05, 4.69) is 0 Å². The van der Waals surface area contributed by atoms with Gasteiger partial charge in [-0.2, -0.15) is 0 Å². The third kappa shape index (κ3) is 3.98. The van der Waals surface area contributed by atoms with Gasteiger partial charge in [0.1, 0.15) is 11.6 Å². The van der Waals surface area contributed by atoms with Crippen LogP contribution in [0.4, 0.5) is 4.39 Å². The van der Waals surface area contributed by atoms with E-state index in [1.165, 1.54) is 12.1 Å². The van der Waals surface area contributed by atoms with E-state index in [1.807, 2.05) is 0 Å². The summed E-state index contributed by atoms with van der Waals surface area (Å²) in [6.45, 7) is 0.481. The number of nitrogens with two attached hydrogens (primary N) is 1. The zero-order valence-corrected chi connectivity index (χ0v) is 9.06. The summed E-state index contributed by atoms with van der Waals surface area (Å²) in [4.78, 5) is 11.4. The summed E-state index contributed by atoms with van der Waals surface area (Å²) in [5.41, 5.74) is 5.67. The molecule has 0 unspecified atom stereocenters. The third-order valence-electron chi connectivity index (χ3n) is 2.06. The molecule has 0 aliphatic carbocycles. The lowest BCUT2D eigenvalue weighted by Crippen LogP contribution is -2.07. The molecular formula is C11H13ClFNO. The highest BCUT2D eigenvalue weighted by molar-refractivity contribution is 6.30. The van der Waals surface area contributed by atoms with E-state index in [0.717, 1.165) is 0 Å². The normalized spacial score (nSPS) is 10.3. The summed E-state index contributed by atoms with van der Waals surface area (Å²) < 4.78 is 13.3.